The molecule has 0 N–H and O–H groups in total. The highest BCUT2D eigenvalue weighted by atomic mass is 16.1. The molecule has 0 bridgehead atoms. The third kappa shape index (κ3) is 4.78. The fourth-order valence-electron chi connectivity index (χ4n) is 4.37. The van der Waals surface area contributed by atoms with Crippen LogP contribution in [0.2, 0.25) is 0 Å². The molecule has 168 valence electrons. The molecule has 2 heterocycles. The molecule has 0 fully saturated rings. The molecule has 1 aromatic heterocycles. The number of rotatable bonds is 8. The predicted molar refractivity (Wildman–Crippen MR) is 132 cm³/mol. The van der Waals surface area contributed by atoms with Crippen LogP contribution in [0.4, 0.5) is 11.6 Å². The average molecular weight is 431 g/mol. The summed E-state index contributed by atoms with van der Waals surface area (Å²) in [5.74, 6) is 0.750. The molecule has 1 aliphatic heterocycles. The lowest BCUT2D eigenvalue weighted by Crippen LogP contribution is -2.48. The van der Waals surface area contributed by atoms with Crippen LogP contribution in [-0.4, -0.2) is 27.7 Å². The van der Waals surface area contributed by atoms with Gasteiger partial charge in [0.25, 0.3) is 5.56 Å². The largest absolute Gasteiger partial charge is 0.298 e. The number of hydrogen-bond acceptors (Lipinski definition) is 4. The summed E-state index contributed by atoms with van der Waals surface area (Å²) in [6.45, 7) is 8.67. The van der Waals surface area contributed by atoms with Crippen molar-refractivity contribution < 1.29 is 0 Å². The molecule has 0 unspecified atom stereocenters. The molecule has 0 atom stereocenters. The van der Waals surface area contributed by atoms with E-state index in [-0.39, 0.29) is 5.56 Å². The molecule has 4 rings (SSSR count). The molecule has 0 amide bonds. The first-order chi connectivity index (χ1) is 15.6. The summed E-state index contributed by atoms with van der Waals surface area (Å²) in [5.41, 5.74) is 5.21. The zero-order chi connectivity index (χ0) is 22.5. The van der Waals surface area contributed by atoms with Gasteiger partial charge in [0, 0.05) is 24.2 Å². The van der Waals surface area contributed by atoms with Gasteiger partial charge in [-0.1, -0.05) is 69.2 Å². The van der Waals surface area contributed by atoms with E-state index in [1.807, 2.05) is 29.7 Å². The van der Waals surface area contributed by atoms with Crippen molar-refractivity contribution >= 4 is 11.6 Å². The number of benzene rings is 2. The maximum Gasteiger partial charge on any atom is 0.259 e. The number of unbranched alkanes of at least 4 members (excludes halogenated alkanes) is 2. The van der Waals surface area contributed by atoms with Gasteiger partial charge >= 0.3 is 0 Å². The van der Waals surface area contributed by atoms with Crippen LogP contribution < -0.4 is 10.5 Å². The highest BCUT2D eigenvalue weighted by Crippen LogP contribution is 2.28. The van der Waals surface area contributed by atoms with Crippen LogP contribution in [0.15, 0.2) is 59.4 Å². The minimum absolute atomic E-state index is 0.0757. The molecule has 1 aliphatic rings. The molecule has 32 heavy (non-hydrogen) atoms. The maximum atomic E-state index is 13.7. The van der Waals surface area contributed by atoms with Gasteiger partial charge in [0.1, 0.15) is 0 Å². The van der Waals surface area contributed by atoms with E-state index in [1.54, 1.807) is 0 Å². The predicted octanol–water partition coefficient (Wildman–Crippen LogP) is 5.26. The molecule has 0 saturated carbocycles. The van der Waals surface area contributed by atoms with E-state index in [9.17, 15) is 4.79 Å². The third-order valence-corrected chi connectivity index (χ3v) is 6.33. The van der Waals surface area contributed by atoms with E-state index in [1.165, 1.54) is 18.4 Å². The Labute approximate surface area is 191 Å². The van der Waals surface area contributed by atoms with Gasteiger partial charge in [-0.2, -0.15) is 0 Å². The van der Waals surface area contributed by atoms with E-state index in [0.717, 1.165) is 54.5 Å². The van der Waals surface area contributed by atoms with Gasteiger partial charge in [-0.15, -0.1) is 0 Å². The molecule has 0 spiro atoms. The number of fused-ring (bicyclic) bond motifs is 1. The fraction of sp³-hybridized carbons (Fsp3) is 0.407. The van der Waals surface area contributed by atoms with Crippen molar-refractivity contribution in [2.24, 2.45) is 0 Å². The van der Waals surface area contributed by atoms with Crippen LogP contribution in [-0.2, 0) is 19.5 Å². The molecule has 5 heteroatoms. The normalized spacial score (nSPS) is 13.9. The second-order valence-corrected chi connectivity index (χ2v) is 8.70. The molecule has 2 aromatic carbocycles. The first-order valence-corrected chi connectivity index (χ1v) is 11.8. The summed E-state index contributed by atoms with van der Waals surface area (Å²) in [6, 6.07) is 18.8. The minimum Gasteiger partial charge on any atom is -0.298 e. The van der Waals surface area contributed by atoms with E-state index >= 15 is 0 Å². The van der Waals surface area contributed by atoms with Crippen molar-refractivity contribution in [2.45, 2.75) is 59.5 Å². The van der Waals surface area contributed by atoms with E-state index < -0.39 is 0 Å². The highest BCUT2D eigenvalue weighted by Gasteiger charge is 2.27. The Hall–Kier alpha value is -2.92. The van der Waals surface area contributed by atoms with Crippen molar-refractivity contribution in [3.05, 3.63) is 87.3 Å². The summed E-state index contributed by atoms with van der Waals surface area (Å²) in [5, 5.41) is 0. The van der Waals surface area contributed by atoms with Gasteiger partial charge in [0.2, 0.25) is 5.95 Å². The van der Waals surface area contributed by atoms with Gasteiger partial charge in [-0.05, 0) is 43.0 Å². The maximum absolute atomic E-state index is 13.7. The summed E-state index contributed by atoms with van der Waals surface area (Å²) >= 11 is 0. The molecule has 3 aromatic rings. The Morgan fingerprint density at radius 3 is 2.34 bits per heavy atom. The van der Waals surface area contributed by atoms with Crippen LogP contribution in [0.25, 0.3) is 0 Å². The third-order valence-electron chi connectivity index (χ3n) is 6.33. The number of aryl methyl sites for hydroxylation is 2. The molecule has 0 radical (unpaired) electrons. The summed E-state index contributed by atoms with van der Waals surface area (Å²) in [4.78, 5) is 23.2. The number of hydrogen-bond donors (Lipinski definition) is 0. The lowest BCUT2D eigenvalue weighted by atomic mass is 10.1. The minimum atomic E-state index is 0.0757. The number of nitrogens with zero attached hydrogens (tertiary/aromatic N) is 4. The Bertz CT molecular complexity index is 1090. The van der Waals surface area contributed by atoms with Gasteiger partial charge in [0.05, 0.1) is 19.0 Å². The standard InChI is InChI=1S/C27H34N4O/c1-4-6-10-17-29-19-30(24-15-13-22(5-2)14-16-24)27-28-21(3)25(26(32)31(27)20-29)18-23-11-8-7-9-12-23/h7-9,11-16H,4-6,10,17-20H2,1-3H3. The van der Waals surface area contributed by atoms with Crippen LogP contribution in [0.1, 0.15) is 55.5 Å². The quantitative estimate of drug-likeness (QED) is 0.457. The second kappa shape index (κ2) is 10.1. The monoisotopic (exact) mass is 430 g/mol. The Morgan fingerprint density at radius 1 is 0.906 bits per heavy atom. The Morgan fingerprint density at radius 2 is 1.66 bits per heavy atom. The second-order valence-electron chi connectivity index (χ2n) is 8.70. The Kier molecular flexibility index (Phi) is 7.05. The first-order valence-electron chi connectivity index (χ1n) is 11.8. The van der Waals surface area contributed by atoms with E-state index in [0.29, 0.717) is 13.1 Å². The van der Waals surface area contributed by atoms with Gasteiger partial charge in [-0.3, -0.25) is 19.2 Å². The molecule has 5 nitrogen and oxygen atoms in total. The van der Waals surface area contributed by atoms with Gasteiger partial charge < -0.3 is 0 Å². The summed E-state index contributed by atoms with van der Waals surface area (Å²) in [7, 11) is 0. The SMILES string of the molecule is CCCCCN1CN(c2ccc(CC)cc2)c2nc(C)c(Cc3ccccc3)c(=O)n2C1. The topological polar surface area (TPSA) is 41.4 Å². The van der Waals surface area contributed by atoms with Gasteiger partial charge in [0.15, 0.2) is 0 Å². The summed E-state index contributed by atoms with van der Waals surface area (Å²) in [6.07, 6.45) is 5.16. The average Bonchev–Trinajstić information content (AvgIpc) is 2.83. The van der Waals surface area contributed by atoms with Crippen molar-refractivity contribution in [1.29, 1.82) is 0 Å². The zero-order valence-corrected chi connectivity index (χ0v) is 19.6. The molecular weight excluding hydrogens is 396 g/mol. The van der Waals surface area contributed by atoms with E-state index in [4.69, 9.17) is 4.98 Å². The van der Waals surface area contributed by atoms with Crippen molar-refractivity contribution in [3.63, 3.8) is 0 Å². The molecule has 0 aliphatic carbocycles. The van der Waals surface area contributed by atoms with E-state index in [2.05, 4.69) is 60.0 Å². The van der Waals surface area contributed by atoms with Crippen LogP contribution >= 0.6 is 0 Å². The smallest absolute Gasteiger partial charge is 0.259 e. The van der Waals surface area contributed by atoms with Crippen LogP contribution in [0.3, 0.4) is 0 Å². The van der Waals surface area contributed by atoms with Crippen LogP contribution in [0.5, 0.6) is 0 Å². The van der Waals surface area contributed by atoms with Crippen molar-refractivity contribution in [3.8, 4) is 0 Å². The van der Waals surface area contributed by atoms with Gasteiger partial charge in [-0.25, -0.2) is 4.98 Å². The Balaban J connectivity index is 1.74. The molecule has 0 saturated heterocycles. The zero-order valence-electron chi connectivity index (χ0n) is 19.6. The summed E-state index contributed by atoms with van der Waals surface area (Å²) < 4.78 is 1.87. The molecular formula is C27H34N4O. The van der Waals surface area contributed by atoms with Crippen molar-refractivity contribution in [2.75, 3.05) is 18.1 Å². The first kappa shape index (κ1) is 22.3. The van der Waals surface area contributed by atoms with Crippen LogP contribution in [0, 0.1) is 6.92 Å². The highest BCUT2D eigenvalue weighted by molar-refractivity contribution is 5.59. The number of anilines is 2. The lowest BCUT2D eigenvalue weighted by Gasteiger charge is -2.38. The fourth-order valence-corrected chi connectivity index (χ4v) is 4.37. The van der Waals surface area contributed by atoms with Crippen molar-refractivity contribution in [1.82, 2.24) is 14.5 Å². The lowest BCUT2D eigenvalue weighted by molar-refractivity contribution is 0.194. The number of aromatic nitrogens is 2.